The monoisotopic (exact) mass is 165 g/mol. The van der Waals surface area contributed by atoms with Crippen LogP contribution in [-0.2, 0) is 4.79 Å². The lowest BCUT2D eigenvalue weighted by atomic mass is 9.85. The van der Waals surface area contributed by atoms with Crippen molar-refractivity contribution in [2.24, 2.45) is 5.92 Å². The first kappa shape index (κ1) is 7.34. The summed E-state index contributed by atoms with van der Waals surface area (Å²) < 4.78 is 0. The maximum Gasteiger partial charge on any atom is 0.228 e. The first-order valence-corrected chi connectivity index (χ1v) is 4.16. The molecule has 1 saturated carbocycles. The number of nitrogens with one attached hydrogen (secondary N) is 2. The second kappa shape index (κ2) is 2.97. The van der Waals surface area contributed by atoms with Gasteiger partial charge in [-0.3, -0.25) is 9.89 Å². The molecule has 1 aliphatic rings. The highest BCUT2D eigenvalue weighted by Gasteiger charge is 2.25. The Bertz CT molecular complexity index is 264. The van der Waals surface area contributed by atoms with Gasteiger partial charge >= 0.3 is 0 Å². The van der Waals surface area contributed by atoms with E-state index in [9.17, 15) is 4.79 Å². The highest BCUT2D eigenvalue weighted by Crippen LogP contribution is 2.27. The Hall–Kier alpha value is -1.32. The van der Waals surface area contributed by atoms with Crippen molar-refractivity contribution in [1.82, 2.24) is 10.2 Å². The predicted molar refractivity (Wildman–Crippen MR) is 44.6 cm³/mol. The number of carbonyl (C=O) groups is 1. The number of anilines is 1. The third-order valence-corrected chi connectivity index (χ3v) is 2.23. The van der Waals surface area contributed by atoms with Crippen molar-refractivity contribution in [2.45, 2.75) is 19.3 Å². The number of H-pyrrole nitrogens is 1. The van der Waals surface area contributed by atoms with Crippen LogP contribution < -0.4 is 5.32 Å². The highest BCUT2D eigenvalue weighted by molar-refractivity contribution is 5.92. The Morgan fingerprint density at radius 1 is 1.67 bits per heavy atom. The van der Waals surface area contributed by atoms with Crippen LogP contribution in [-0.4, -0.2) is 16.1 Å². The molecule has 2 N–H and O–H groups in total. The lowest BCUT2D eigenvalue weighted by molar-refractivity contribution is -0.122. The number of nitrogens with zero attached hydrogens (tertiary/aromatic N) is 1. The van der Waals surface area contributed by atoms with E-state index < -0.39 is 0 Å². The number of rotatable bonds is 2. The molecule has 0 bridgehead atoms. The summed E-state index contributed by atoms with van der Waals surface area (Å²) >= 11 is 0. The van der Waals surface area contributed by atoms with Gasteiger partial charge in [0.25, 0.3) is 0 Å². The summed E-state index contributed by atoms with van der Waals surface area (Å²) in [6, 6.07) is 1.75. The van der Waals surface area contributed by atoms with Crippen LogP contribution in [0.2, 0.25) is 0 Å². The molecule has 0 unspecified atom stereocenters. The Kier molecular flexibility index (Phi) is 1.81. The molecule has 1 aliphatic carbocycles. The van der Waals surface area contributed by atoms with Crippen LogP contribution in [0.3, 0.4) is 0 Å². The van der Waals surface area contributed by atoms with E-state index in [0.29, 0.717) is 5.82 Å². The van der Waals surface area contributed by atoms with E-state index in [1.165, 1.54) is 6.42 Å². The molecule has 12 heavy (non-hydrogen) atoms. The van der Waals surface area contributed by atoms with Gasteiger partial charge in [-0.15, -0.1) is 0 Å². The van der Waals surface area contributed by atoms with Gasteiger partial charge in [-0.25, -0.2) is 0 Å². The molecule has 0 spiro atoms. The zero-order chi connectivity index (χ0) is 8.39. The van der Waals surface area contributed by atoms with Gasteiger partial charge < -0.3 is 5.32 Å². The molecular weight excluding hydrogens is 154 g/mol. The normalized spacial score (nSPS) is 17.0. The predicted octanol–water partition coefficient (Wildman–Crippen LogP) is 1.15. The zero-order valence-corrected chi connectivity index (χ0v) is 6.71. The first-order valence-electron chi connectivity index (χ1n) is 4.16. The van der Waals surface area contributed by atoms with E-state index in [4.69, 9.17) is 0 Å². The maximum absolute atomic E-state index is 11.3. The van der Waals surface area contributed by atoms with Crippen molar-refractivity contribution in [3.05, 3.63) is 12.3 Å². The molecule has 0 atom stereocenters. The molecule has 1 aromatic rings. The molecule has 4 nitrogen and oxygen atoms in total. The van der Waals surface area contributed by atoms with E-state index in [1.54, 1.807) is 12.3 Å². The van der Waals surface area contributed by atoms with Gasteiger partial charge in [-0.05, 0) is 12.8 Å². The summed E-state index contributed by atoms with van der Waals surface area (Å²) in [6.07, 6.45) is 4.86. The van der Waals surface area contributed by atoms with Crippen LogP contribution in [0.15, 0.2) is 12.3 Å². The number of aromatic amines is 1. The molecular formula is C8H11N3O. The Morgan fingerprint density at radius 3 is 3.00 bits per heavy atom. The van der Waals surface area contributed by atoms with Crippen molar-refractivity contribution >= 4 is 11.7 Å². The fourth-order valence-corrected chi connectivity index (χ4v) is 1.23. The summed E-state index contributed by atoms with van der Waals surface area (Å²) in [5.74, 6) is 1.03. The van der Waals surface area contributed by atoms with E-state index in [1.807, 2.05) is 0 Å². The first-order chi connectivity index (χ1) is 5.86. The Labute approximate surface area is 70.4 Å². The fraction of sp³-hybridized carbons (Fsp3) is 0.500. The number of hydrogen-bond donors (Lipinski definition) is 2. The average molecular weight is 165 g/mol. The molecule has 0 radical (unpaired) electrons. The third kappa shape index (κ3) is 1.32. The number of hydrogen-bond acceptors (Lipinski definition) is 2. The van der Waals surface area contributed by atoms with Crippen molar-refractivity contribution in [3.8, 4) is 0 Å². The minimum Gasteiger partial charge on any atom is -0.311 e. The zero-order valence-electron chi connectivity index (χ0n) is 6.71. The van der Waals surface area contributed by atoms with E-state index in [-0.39, 0.29) is 11.8 Å². The number of amides is 1. The van der Waals surface area contributed by atoms with E-state index in [2.05, 4.69) is 15.5 Å². The van der Waals surface area contributed by atoms with Gasteiger partial charge in [0, 0.05) is 12.0 Å². The minimum absolute atomic E-state index is 0.116. The van der Waals surface area contributed by atoms with Crippen LogP contribution in [0.25, 0.3) is 0 Å². The van der Waals surface area contributed by atoms with Crippen LogP contribution in [0.4, 0.5) is 5.82 Å². The lowest BCUT2D eigenvalue weighted by Crippen LogP contribution is -2.28. The summed E-state index contributed by atoms with van der Waals surface area (Å²) in [7, 11) is 0. The molecule has 1 aromatic heterocycles. The highest BCUT2D eigenvalue weighted by atomic mass is 16.2. The molecule has 0 aliphatic heterocycles. The van der Waals surface area contributed by atoms with Crippen LogP contribution >= 0.6 is 0 Å². The van der Waals surface area contributed by atoms with E-state index in [0.717, 1.165) is 12.8 Å². The molecule has 1 heterocycles. The number of carbonyl (C=O) groups excluding carboxylic acids is 1. The summed E-state index contributed by atoms with van der Waals surface area (Å²) in [5.41, 5.74) is 0. The van der Waals surface area contributed by atoms with Gasteiger partial charge in [-0.1, -0.05) is 6.42 Å². The van der Waals surface area contributed by atoms with Gasteiger partial charge in [0.2, 0.25) is 5.91 Å². The topological polar surface area (TPSA) is 57.8 Å². The Morgan fingerprint density at radius 2 is 2.50 bits per heavy atom. The average Bonchev–Trinajstić information content (AvgIpc) is 2.34. The summed E-state index contributed by atoms with van der Waals surface area (Å²) in [4.78, 5) is 11.3. The maximum atomic E-state index is 11.3. The van der Waals surface area contributed by atoms with Gasteiger partial charge in [-0.2, -0.15) is 5.10 Å². The molecule has 0 saturated heterocycles. The van der Waals surface area contributed by atoms with Crippen LogP contribution in [0, 0.1) is 5.92 Å². The van der Waals surface area contributed by atoms with Crippen molar-refractivity contribution in [3.63, 3.8) is 0 Å². The molecule has 64 valence electrons. The second-order valence-corrected chi connectivity index (χ2v) is 3.09. The molecule has 4 heteroatoms. The van der Waals surface area contributed by atoms with Crippen molar-refractivity contribution in [2.75, 3.05) is 5.32 Å². The van der Waals surface area contributed by atoms with Gasteiger partial charge in [0.1, 0.15) is 5.82 Å². The lowest BCUT2D eigenvalue weighted by Gasteiger charge is -2.23. The fourth-order valence-electron chi connectivity index (χ4n) is 1.23. The summed E-state index contributed by atoms with van der Waals surface area (Å²) in [6.45, 7) is 0. The quantitative estimate of drug-likeness (QED) is 0.690. The van der Waals surface area contributed by atoms with Gasteiger partial charge in [0.05, 0.1) is 6.20 Å². The van der Waals surface area contributed by atoms with Crippen molar-refractivity contribution < 1.29 is 4.79 Å². The molecule has 1 fully saturated rings. The van der Waals surface area contributed by atoms with Crippen molar-refractivity contribution in [1.29, 1.82) is 0 Å². The molecule has 0 aromatic carbocycles. The standard InChI is InChI=1S/C8H11N3O/c12-8(6-2-1-3-6)10-7-4-5-9-11-7/h4-6H,1-3H2,(H2,9,10,11,12). The largest absolute Gasteiger partial charge is 0.311 e. The SMILES string of the molecule is O=C(Nc1ccn[nH]1)C1CCC1. The van der Waals surface area contributed by atoms with Crippen LogP contribution in [0.5, 0.6) is 0 Å². The third-order valence-electron chi connectivity index (χ3n) is 2.23. The summed E-state index contributed by atoms with van der Waals surface area (Å²) in [5, 5.41) is 9.19. The second-order valence-electron chi connectivity index (χ2n) is 3.09. The van der Waals surface area contributed by atoms with Gasteiger partial charge in [0.15, 0.2) is 0 Å². The molecule has 2 rings (SSSR count). The Balaban J connectivity index is 1.90. The van der Waals surface area contributed by atoms with Crippen LogP contribution in [0.1, 0.15) is 19.3 Å². The minimum atomic E-state index is 0.116. The smallest absolute Gasteiger partial charge is 0.228 e. The molecule has 1 amide bonds. The number of aromatic nitrogens is 2. The van der Waals surface area contributed by atoms with E-state index >= 15 is 0 Å².